The Kier molecular flexibility index (Phi) is 4.96. The first-order chi connectivity index (χ1) is 10.8. The quantitative estimate of drug-likeness (QED) is 0.901. The Morgan fingerprint density at radius 3 is 2.39 bits per heavy atom. The Morgan fingerprint density at radius 2 is 1.87 bits per heavy atom. The van der Waals surface area contributed by atoms with Crippen molar-refractivity contribution in [1.29, 1.82) is 0 Å². The second-order valence-electron chi connectivity index (χ2n) is 5.21. The molecule has 124 valence electrons. The molecular weight excluding hydrogens is 319 g/mol. The lowest BCUT2D eigenvalue weighted by atomic mass is 10.1. The van der Waals surface area contributed by atoms with Crippen LogP contribution in [-0.4, -0.2) is 25.4 Å². The van der Waals surface area contributed by atoms with Gasteiger partial charge in [0.15, 0.2) is 11.6 Å². The van der Waals surface area contributed by atoms with Gasteiger partial charge in [0, 0.05) is 7.05 Å². The molecule has 0 aliphatic heterocycles. The summed E-state index contributed by atoms with van der Waals surface area (Å²) in [6.07, 6.45) is 1.82. The second-order valence-corrected chi connectivity index (χ2v) is 6.77. The van der Waals surface area contributed by atoms with Crippen LogP contribution in [0.1, 0.15) is 31.1 Å². The van der Waals surface area contributed by atoms with Crippen molar-refractivity contribution in [3.05, 3.63) is 47.7 Å². The highest BCUT2D eigenvalue weighted by Gasteiger charge is 2.19. The fourth-order valence-electron chi connectivity index (χ4n) is 2.23. The number of aromatic nitrogens is 2. The monoisotopic (exact) mass is 338 g/mol. The lowest BCUT2D eigenvalue weighted by Gasteiger charge is -2.27. The lowest BCUT2D eigenvalue weighted by molar-refractivity contribution is 0.578. The molecule has 0 bridgehead atoms. The molecule has 2 rings (SSSR count). The number of benzene rings is 1. The van der Waals surface area contributed by atoms with Crippen molar-refractivity contribution in [2.45, 2.75) is 31.2 Å². The Hall–Kier alpha value is -2.06. The number of hydrogen-bond acceptors (Lipinski definition) is 5. The van der Waals surface area contributed by atoms with E-state index in [1.807, 2.05) is 13.8 Å². The number of hydrogen-bond donors (Lipinski definition) is 1. The van der Waals surface area contributed by atoms with Crippen LogP contribution in [-0.2, 0) is 16.4 Å². The van der Waals surface area contributed by atoms with Crippen molar-refractivity contribution in [3.8, 4) is 0 Å². The van der Waals surface area contributed by atoms with E-state index in [2.05, 4.69) is 9.97 Å². The summed E-state index contributed by atoms with van der Waals surface area (Å²) in [7, 11) is -2.00. The molecule has 0 aliphatic rings. The third kappa shape index (κ3) is 3.65. The van der Waals surface area contributed by atoms with Crippen LogP contribution in [0.3, 0.4) is 0 Å². The zero-order valence-electron chi connectivity index (χ0n) is 13.2. The Morgan fingerprint density at radius 1 is 1.26 bits per heavy atom. The molecule has 2 aromatic rings. The molecule has 1 aromatic carbocycles. The maximum absolute atomic E-state index is 14.4. The van der Waals surface area contributed by atoms with Gasteiger partial charge in [0.25, 0.3) is 0 Å². The van der Waals surface area contributed by atoms with E-state index in [-0.39, 0.29) is 16.8 Å². The van der Waals surface area contributed by atoms with Crippen LogP contribution < -0.4 is 10.0 Å². The number of nitrogens with two attached hydrogens (primary N) is 1. The van der Waals surface area contributed by atoms with Gasteiger partial charge in [-0.2, -0.15) is 0 Å². The summed E-state index contributed by atoms with van der Waals surface area (Å²) in [4.78, 5) is 9.65. The van der Waals surface area contributed by atoms with Crippen LogP contribution in [0.15, 0.2) is 35.5 Å². The standard InChI is InChI=1S/C15H19FN4O2S/c1-4-13-14(16)15(19-9-18-13)20(3)10(2)11-5-7-12(8-6-11)23(17,21)22/h5-10H,4H2,1-3H3,(H2,17,21,22). The largest absolute Gasteiger partial charge is 0.350 e. The molecule has 0 amide bonds. The van der Waals surface area contributed by atoms with Gasteiger partial charge in [-0.3, -0.25) is 0 Å². The molecule has 0 saturated carbocycles. The molecular formula is C15H19FN4O2S. The predicted molar refractivity (Wildman–Crippen MR) is 86.0 cm³/mol. The molecule has 0 radical (unpaired) electrons. The smallest absolute Gasteiger partial charge is 0.238 e. The van der Waals surface area contributed by atoms with Gasteiger partial charge < -0.3 is 4.90 Å². The molecule has 1 heterocycles. The number of halogens is 1. The van der Waals surface area contributed by atoms with Crippen molar-refractivity contribution in [2.75, 3.05) is 11.9 Å². The zero-order valence-corrected chi connectivity index (χ0v) is 14.0. The molecule has 2 N–H and O–H groups in total. The third-order valence-electron chi connectivity index (χ3n) is 3.78. The average Bonchev–Trinajstić information content (AvgIpc) is 2.53. The fraction of sp³-hybridized carbons (Fsp3) is 0.333. The van der Waals surface area contributed by atoms with E-state index >= 15 is 0 Å². The topological polar surface area (TPSA) is 89.2 Å². The summed E-state index contributed by atoms with van der Waals surface area (Å²) in [6.45, 7) is 3.70. The molecule has 0 fully saturated rings. The van der Waals surface area contributed by atoms with Gasteiger partial charge in [0.2, 0.25) is 10.0 Å². The summed E-state index contributed by atoms with van der Waals surface area (Å²) >= 11 is 0. The second kappa shape index (κ2) is 6.59. The van der Waals surface area contributed by atoms with Gasteiger partial charge in [-0.05, 0) is 31.0 Å². The van der Waals surface area contributed by atoms with Crippen molar-refractivity contribution in [3.63, 3.8) is 0 Å². The van der Waals surface area contributed by atoms with Crippen molar-refractivity contribution in [2.24, 2.45) is 5.14 Å². The average molecular weight is 338 g/mol. The van der Waals surface area contributed by atoms with Gasteiger partial charge in [-0.15, -0.1) is 0 Å². The first-order valence-electron chi connectivity index (χ1n) is 7.10. The molecule has 1 atom stereocenters. The lowest BCUT2D eigenvalue weighted by Crippen LogP contribution is -2.24. The van der Waals surface area contributed by atoms with E-state index in [0.29, 0.717) is 12.1 Å². The van der Waals surface area contributed by atoms with E-state index in [4.69, 9.17) is 5.14 Å². The van der Waals surface area contributed by atoms with Gasteiger partial charge in [0.05, 0.1) is 16.6 Å². The zero-order chi connectivity index (χ0) is 17.2. The van der Waals surface area contributed by atoms with E-state index in [9.17, 15) is 12.8 Å². The van der Waals surface area contributed by atoms with Crippen LogP contribution in [0, 0.1) is 5.82 Å². The molecule has 23 heavy (non-hydrogen) atoms. The number of sulfonamides is 1. The van der Waals surface area contributed by atoms with Crippen LogP contribution >= 0.6 is 0 Å². The molecule has 6 nitrogen and oxygen atoms in total. The molecule has 8 heteroatoms. The number of primary sulfonamides is 1. The molecule has 0 saturated heterocycles. The van der Waals surface area contributed by atoms with Gasteiger partial charge in [-0.25, -0.2) is 27.9 Å². The highest BCUT2D eigenvalue weighted by atomic mass is 32.2. The summed E-state index contributed by atoms with van der Waals surface area (Å²) in [6, 6.07) is 5.96. The number of aryl methyl sites for hydroxylation is 1. The Labute approximate surface area is 135 Å². The van der Waals surface area contributed by atoms with Gasteiger partial charge >= 0.3 is 0 Å². The summed E-state index contributed by atoms with van der Waals surface area (Å²) < 4.78 is 36.9. The number of anilines is 1. The van der Waals surface area contributed by atoms with Crippen molar-refractivity contribution < 1.29 is 12.8 Å². The van der Waals surface area contributed by atoms with Crippen LogP contribution in [0.2, 0.25) is 0 Å². The molecule has 1 aromatic heterocycles. The van der Waals surface area contributed by atoms with E-state index in [1.165, 1.54) is 18.5 Å². The number of nitrogens with zero attached hydrogens (tertiary/aromatic N) is 3. The minimum Gasteiger partial charge on any atom is -0.350 e. The highest BCUT2D eigenvalue weighted by Crippen LogP contribution is 2.27. The maximum Gasteiger partial charge on any atom is 0.238 e. The normalized spacial score (nSPS) is 12.9. The van der Waals surface area contributed by atoms with Crippen LogP contribution in [0.5, 0.6) is 0 Å². The molecule has 1 unspecified atom stereocenters. The van der Waals surface area contributed by atoms with E-state index in [0.717, 1.165) is 5.56 Å². The summed E-state index contributed by atoms with van der Waals surface area (Å²) in [5.74, 6) is -0.231. The molecule has 0 aliphatic carbocycles. The highest BCUT2D eigenvalue weighted by molar-refractivity contribution is 7.89. The summed E-state index contributed by atoms with van der Waals surface area (Å²) in [5.41, 5.74) is 1.18. The van der Waals surface area contributed by atoms with E-state index < -0.39 is 15.8 Å². The fourth-order valence-corrected chi connectivity index (χ4v) is 2.75. The first kappa shape index (κ1) is 17.3. The van der Waals surface area contributed by atoms with Gasteiger partial charge in [-0.1, -0.05) is 19.1 Å². The number of rotatable bonds is 5. The first-order valence-corrected chi connectivity index (χ1v) is 8.65. The Balaban J connectivity index is 2.31. The van der Waals surface area contributed by atoms with E-state index in [1.54, 1.807) is 24.1 Å². The predicted octanol–water partition coefficient (Wildman–Crippen LogP) is 2.02. The van der Waals surface area contributed by atoms with Crippen molar-refractivity contribution in [1.82, 2.24) is 9.97 Å². The summed E-state index contributed by atoms with van der Waals surface area (Å²) in [5, 5.41) is 5.08. The van der Waals surface area contributed by atoms with Gasteiger partial charge in [0.1, 0.15) is 6.33 Å². The maximum atomic E-state index is 14.4. The minimum absolute atomic E-state index is 0.0394. The Bertz CT molecular complexity index is 794. The SMILES string of the molecule is CCc1ncnc(N(C)C(C)c2ccc(S(N)(=O)=O)cc2)c1F. The van der Waals surface area contributed by atoms with Crippen molar-refractivity contribution >= 4 is 15.8 Å². The third-order valence-corrected chi connectivity index (χ3v) is 4.71. The van der Waals surface area contributed by atoms with Crippen LogP contribution in [0.25, 0.3) is 0 Å². The van der Waals surface area contributed by atoms with Crippen LogP contribution in [0.4, 0.5) is 10.2 Å². The minimum atomic E-state index is -3.73. The molecule has 0 spiro atoms.